The fourth-order valence-corrected chi connectivity index (χ4v) is 4.66. The summed E-state index contributed by atoms with van der Waals surface area (Å²) < 4.78 is 27.4. The predicted octanol–water partition coefficient (Wildman–Crippen LogP) is 2.87. The van der Waals surface area contributed by atoms with Gasteiger partial charge >= 0.3 is 11.9 Å². The van der Waals surface area contributed by atoms with E-state index in [2.05, 4.69) is 4.98 Å². The fraction of sp³-hybridized carbons (Fsp3) is 0.136. The summed E-state index contributed by atoms with van der Waals surface area (Å²) in [6, 6.07) is 16.7. The zero-order valence-corrected chi connectivity index (χ0v) is 17.1. The number of sulfonamides is 1. The molecular formula is C22H20N2O6S. The van der Waals surface area contributed by atoms with Crippen LogP contribution in [0.25, 0.3) is 11.1 Å². The van der Waals surface area contributed by atoms with Crippen LogP contribution in [0.2, 0.25) is 0 Å². The number of hydrogen-bond donors (Lipinski definition) is 2. The van der Waals surface area contributed by atoms with Crippen LogP contribution in [-0.2, 0) is 26.2 Å². The van der Waals surface area contributed by atoms with Crippen molar-refractivity contribution in [2.45, 2.75) is 23.9 Å². The molecule has 0 saturated carbocycles. The van der Waals surface area contributed by atoms with Crippen molar-refractivity contribution in [2.24, 2.45) is 0 Å². The van der Waals surface area contributed by atoms with Crippen LogP contribution in [0.1, 0.15) is 12.0 Å². The fourth-order valence-electron chi connectivity index (χ4n) is 3.09. The number of rotatable bonds is 9. The summed E-state index contributed by atoms with van der Waals surface area (Å²) in [6.07, 6.45) is 2.02. The molecule has 0 aliphatic carbocycles. The molecule has 1 heterocycles. The lowest BCUT2D eigenvalue weighted by Gasteiger charge is -2.27. The summed E-state index contributed by atoms with van der Waals surface area (Å²) in [5, 5.41) is 18.7. The zero-order valence-electron chi connectivity index (χ0n) is 16.3. The van der Waals surface area contributed by atoms with Crippen molar-refractivity contribution in [1.29, 1.82) is 0 Å². The lowest BCUT2D eigenvalue weighted by atomic mass is 10.1. The Morgan fingerprint density at radius 3 is 2.00 bits per heavy atom. The Morgan fingerprint density at radius 1 is 0.871 bits per heavy atom. The number of benzene rings is 2. The Kier molecular flexibility index (Phi) is 6.78. The molecule has 2 N–H and O–H groups in total. The van der Waals surface area contributed by atoms with Gasteiger partial charge in [-0.1, -0.05) is 42.5 Å². The minimum Gasteiger partial charge on any atom is -0.481 e. The molecule has 0 radical (unpaired) electrons. The molecule has 0 fully saturated rings. The van der Waals surface area contributed by atoms with E-state index in [0.29, 0.717) is 9.87 Å². The summed E-state index contributed by atoms with van der Waals surface area (Å²) in [4.78, 5) is 26.8. The molecule has 2 aromatic carbocycles. The van der Waals surface area contributed by atoms with Crippen LogP contribution in [0.5, 0.6) is 0 Å². The van der Waals surface area contributed by atoms with E-state index in [1.807, 2.05) is 30.3 Å². The van der Waals surface area contributed by atoms with Crippen molar-refractivity contribution < 1.29 is 28.2 Å². The van der Waals surface area contributed by atoms with Gasteiger partial charge in [-0.15, -0.1) is 0 Å². The molecule has 0 amide bonds. The van der Waals surface area contributed by atoms with Crippen LogP contribution in [0.15, 0.2) is 84.0 Å². The van der Waals surface area contributed by atoms with Gasteiger partial charge in [0.2, 0.25) is 10.0 Å². The number of nitrogens with zero attached hydrogens (tertiary/aromatic N) is 2. The lowest BCUT2D eigenvalue weighted by Crippen LogP contribution is -2.45. The highest BCUT2D eigenvalue weighted by Gasteiger charge is 2.37. The number of carboxylic acids is 2. The molecule has 0 bridgehead atoms. The van der Waals surface area contributed by atoms with Gasteiger partial charge in [0.1, 0.15) is 6.04 Å². The summed E-state index contributed by atoms with van der Waals surface area (Å²) >= 11 is 0. The van der Waals surface area contributed by atoms with Crippen molar-refractivity contribution in [3.8, 4) is 11.1 Å². The number of hydrogen-bond acceptors (Lipinski definition) is 5. The monoisotopic (exact) mass is 440 g/mol. The first-order valence-corrected chi connectivity index (χ1v) is 10.7. The highest BCUT2D eigenvalue weighted by molar-refractivity contribution is 7.89. The quantitative estimate of drug-likeness (QED) is 0.524. The van der Waals surface area contributed by atoms with Gasteiger partial charge in [-0.3, -0.25) is 14.6 Å². The van der Waals surface area contributed by atoms with E-state index in [1.165, 1.54) is 24.5 Å². The van der Waals surface area contributed by atoms with Crippen LogP contribution in [-0.4, -0.2) is 45.9 Å². The molecule has 0 unspecified atom stereocenters. The minimum atomic E-state index is -4.32. The molecule has 3 aromatic rings. The average Bonchev–Trinajstić information content (AvgIpc) is 2.77. The molecule has 1 atom stereocenters. The Morgan fingerprint density at radius 2 is 1.45 bits per heavy atom. The van der Waals surface area contributed by atoms with Gasteiger partial charge in [-0.2, -0.15) is 4.31 Å². The van der Waals surface area contributed by atoms with E-state index in [0.717, 1.165) is 11.1 Å². The maximum Gasteiger partial charge on any atom is 0.322 e. The molecule has 1 aromatic heterocycles. The number of pyridine rings is 1. The molecule has 0 saturated heterocycles. The second-order valence-electron chi connectivity index (χ2n) is 6.75. The second kappa shape index (κ2) is 9.50. The largest absolute Gasteiger partial charge is 0.481 e. The molecule has 0 aliphatic rings. The lowest BCUT2D eigenvalue weighted by molar-refractivity contribution is -0.148. The first-order valence-electron chi connectivity index (χ1n) is 9.30. The van der Waals surface area contributed by atoms with Crippen molar-refractivity contribution in [3.05, 3.63) is 84.7 Å². The van der Waals surface area contributed by atoms with E-state index in [4.69, 9.17) is 5.11 Å². The zero-order chi connectivity index (χ0) is 22.4. The molecule has 160 valence electrons. The predicted molar refractivity (Wildman–Crippen MR) is 113 cm³/mol. The van der Waals surface area contributed by atoms with E-state index >= 15 is 0 Å². The average molecular weight is 440 g/mol. The SMILES string of the molecule is O=C(O)C[C@@H](C(=O)O)N(Cc1ccncc1)S(=O)(=O)c1ccc(-c2ccccc2)cc1. The Balaban J connectivity index is 2.01. The number of carboxylic acid groups (broad SMARTS) is 2. The molecule has 31 heavy (non-hydrogen) atoms. The minimum absolute atomic E-state index is 0.127. The highest BCUT2D eigenvalue weighted by atomic mass is 32.2. The van der Waals surface area contributed by atoms with Crippen molar-refractivity contribution in [2.75, 3.05) is 0 Å². The molecule has 0 spiro atoms. The first-order chi connectivity index (χ1) is 14.8. The Labute approximate surface area is 179 Å². The summed E-state index contributed by atoms with van der Waals surface area (Å²) in [6.45, 7) is -0.310. The third kappa shape index (κ3) is 5.33. The van der Waals surface area contributed by atoms with Crippen molar-refractivity contribution in [3.63, 3.8) is 0 Å². The Bertz CT molecular complexity index is 1150. The van der Waals surface area contributed by atoms with Crippen LogP contribution < -0.4 is 0 Å². The standard InChI is InChI=1S/C22H20N2O6S/c25-21(26)14-20(22(27)28)24(15-16-10-12-23-13-11-16)31(29,30)19-8-6-18(7-9-19)17-4-2-1-3-5-17/h1-13,20H,14-15H2,(H,25,26)(H,27,28)/t20-/m0/s1. The van der Waals surface area contributed by atoms with Crippen LogP contribution in [0.4, 0.5) is 0 Å². The number of carbonyl (C=O) groups is 2. The third-order valence-electron chi connectivity index (χ3n) is 4.66. The van der Waals surface area contributed by atoms with E-state index in [1.54, 1.807) is 24.3 Å². The summed E-state index contributed by atoms with van der Waals surface area (Å²) in [5.41, 5.74) is 2.17. The Hall–Kier alpha value is -3.56. The molecule has 0 aliphatic heterocycles. The maximum absolute atomic E-state index is 13.4. The van der Waals surface area contributed by atoms with Gasteiger partial charge in [0, 0.05) is 18.9 Å². The second-order valence-corrected chi connectivity index (χ2v) is 8.64. The summed E-state index contributed by atoms with van der Waals surface area (Å²) in [5.74, 6) is -2.96. The smallest absolute Gasteiger partial charge is 0.322 e. The molecular weight excluding hydrogens is 420 g/mol. The maximum atomic E-state index is 13.4. The van der Waals surface area contributed by atoms with Gasteiger partial charge in [-0.25, -0.2) is 8.42 Å². The third-order valence-corrected chi connectivity index (χ3v) is 6.53. The van der Waals surface area contributed by atoms with E-state index in [9.17, 15) is 23.1 Å². The number of aliphatic carboxylic acids is 2. The molecule has 3 rings (SSSR count). The van der Waals surface area contributed by atoms with Gasteiger partial charge in [-0.05, 0) is 41.0 Å². The molecule has 9 heteroatoms. The van der Waals surface area contributed by atoms with Gasteiger partial charge in [0.05, 0.1) is 11.3 Å². The molecule has 8 nitrogen and oxygen atoms in total. The highest BCUT2D eigenvalue weighted by Crippen LogP contribution is 2.26. The van der Waals surface area contributed by atoms with Gasteiger partial charge < -0.3 is 10.2 Å². The van der Waals surface area contributed by atoms with Crippen LogP contribution >= 0.6 is 0 Å². The van der Waals surface area contributed by atoms with E-state index in [-0.39, 0.29) is 11.4 Å². The number of aromatic nitrogens is 1. The van der Waals surface area contributed by atoms with Crippen molar-refractivity contribution >= 4 is 22.0 Å². The van der Waals surface area contributed by atoms with Crippen molar-refractivity contribution in [1.82, 2.24) is 9.29 Å². The summed E-state index contributed by atoms with van der Waals surface area (Å²) in [7, 11) is -4.32. The topological polar surface area (TPSA) is 125 Å². The van der Waals surface area contributed by atoms with Gasteiger partial charge in [0.25, 0.3) is 0 Å². The van der Waals surface area contributed by atoms with Crippen LogP contribution in [0, 0.1) is 0 Å². The normalized spacial score (nSPS) is 12.4. The van der Waals surface area contributed by atoms with Gasteiger partial charge in [0.15, 0.2) is 0 Å². The van der Waals surface area contributed by atoms with Crippen LogP contribution in [0.3, 0.4) is 0 Å². The van der Waals surface area contributed by atoms with E-state index < -0.39 is 34.4 Å². The first kappa shape index (κ1) is 22.1.